The summed E-state index contributed by atoms with van der Waals surface area (Å²) in [5.41, 5.74) is 1.00. The number of ether oxygens (including phenoxy) is 1. The molecule has 0 saturated heterocycles. The van der Waals surface area contributed by atoms with Gasteiger partial charge >= 0.3 is 5.97 Å². The van der Waals surface area contributed by atoms with Crippen LogP contribution in [0.1, 0.15) is 21.5 Å². The van der Waals surface area contributed by atoms with Crippen molar-refractivity contribution in [2.45, 2.75) is 13.5 Å². The van der Waals surface area contributed by atoms with E-state index in [1.807, 2.05) is 0 Å². The maximum Gasteiger partial charge on any atom is 0.339 e. The van der Waals surface area contributed by atoms with E-state index in [-0.39, 0.29) is 23.7 Å². The van der Waals surface area contributed by atoms with Gasteiger partial charge in [-0.15, -0.1) is 0 Å². The number of hydrogen-bond donors (Lipinski definition) is 1. The van der Waals surface area contributed by atoms with Crippen LogP contribution in [0.3, 0.4) is 0 Å². The van der Waals surface area contributed by atoms with Crippen LogP contribution in [-0.2, 0) is 6.61 Å². The molecule has 0 heterocycles. The van der Waals surface area contributed by atoms with E-state index >= 15 is 0 Å². The third kappa shape index (κ3) is 2.91. The van der Waals surface area contributed by atoms with Crippen molar-refractivity contribution in [2.24, 2.45) is 0 Å². The molecular formula is C15H13FO3. The van der Waals surface area contributed by atoms with E-state index in [9.17, 15) is 9.18 Å². The number of carbonyl (C=O) groups is 1. The molecule has 98 valence electrons. The fourth-order valence-electron chi connectivity index (χ4n) is 1.74. The molecule has 0 saturated carbocycles. The second-order valence-corrected chi connectivity index (χ2v) is 4.14. The van der Waals surface area contributed by atoms with Gasteiger partial charge in [-0.25, -0.2) is 9.18 Å². The van der Waals surface area contributed by atoms with Gasteiger partial charge in [-0.2, -0.15) is 0 Å². The lowest BCUT2D eigenvalue weighted by Gasteiger charge is -2.10. The van der Waals surface area contributed by atoms with E-state index in [4.69, 9.17) is 9.84 Å². The minimum atomic E-state index is -1.07. The van der Waals surface area contributed by atoms with Crippen LogP contribution in [0.5, 0.6) is 5.75 Å². The number of carboxylic acids is 1. The summed E-state index contributed by atoms with van der Waals surface area (Å²) in [6, 6.07) is 11.3. The fourth-order valence-corrected chi connectivity index (χ4v) is 1.74. The van der Waals surface area contributed by atoms with Gasteiger partial charge in [-0.3, -0.25) is 0 Å². The first-order valence-corrected chi connectivity index (χ1v) is 5.78. The third-order valence-electron chi connectivity index (χ3n) is 2.77. The lowest BCUT2D eigenvalue weighted by atomic mass is 10.1. The molecule has 0 aliphatic rings. The maximum absolute atomic E-state index is 13.8. The van der Waals surface area contributed by atoms with Crippen molar-refractivity contribution in [3.05, 3.63) is 65.0 Å². The van der Waals surface area contributed by atoms with E-state index < -0.39 is 5.97 Å². The molecule has 0 unspecified atom stereocenters. The highest BCUT2D eigenvalue weighted by Crippen LogP contribution is 2.20. The number of rotatable bonds is 4. The Morgan fingerprint density at radius 3 is 2.68 bits per heavy atom. The second kappa shape index (κ2) is 5.52. The molecule has 0 atom stereocenters. The van der Waals surface area contributed by atoms with Crippen molar-refractivity contribution in [1.29, 1.82) is 0 Å². The largest absolute Gasteiger partial charge is 0.488 e. The number of halogens is 1. The Kier molecular flexibility index (Phi) is 3.80. The lowest BCUT2D eigenvalue weighted by molar-refractivity contribution is 0.0691. The highest BCUT2D eigenvalue weighted by Gasteiger charge is 2.11. The number of para-hydroxylation sites is 1. The van der Waals surface area contributed by atoms with E-state index in [1.165, 1.54) is 6.07 Å². The molecule has 0 radical (unpaired) electrons. The molecule has 0 fully saturated rings. The molecule has 0 aromatic heterocycles. The van der Waals surface area contributed by atoms with Gasteiger partial charge in [0, 0.05) is 5.56 Å². The minimum absolute atomic E-state index is 0.00218. The van der Waals surface area contributed by atoms with Crippen LogP contribution in [0.4, 0.5) is 4.39 Å². The van der Waals surface area contributed by atoms with Crippen LogP contribution in [0, 0.1) is 12.7 Å². The number of benzene rings is 2. The van der Waals surface area contributed by atoms with Crippen LogP contribution in [0.15, 0.2) is 42.5 Å². The van der Waals surface area contributed by atoms with Crippen molar-refractivity contribution in [3.8, 4) is 5.75 Å². The van der Waals surface area contributed by atoms with Crippen LogP contribution in [0.25, 0.3) is 0 Å². The summed E-state index contributed by atoms with van der Waals surface area (Å²) >= 11 is 0. The van der Waals surface area contributed by atoms with Gasteiger partial charge in [0.15, 0.2) is 0 Å². The molecule has 0 spiro atoms. The normalized spacial score (nSPS) is 10.2. The zero-order chi connectivity index (χ0) is 13.8. The van der Waals surface area contributed by atoms with Crippen molar-refractivity contribution in [2.75, 3.05) is 0 Å². The van der Waals surface area contributed by atoms with Crippen LogP contribution >= 0.6 is 0 Å². The van der Waals surface area contributed by atoms with Gasteiger partial charge in [0.25, 0.3) is 0 Å². The summed E-state index contributed by atoms with van der Waals surface area (Å²) in [6.07, 6.45) is 0. The maximum atomic E-state index is 13.8. The highest BCUT2D eigenvalue weighted by molar-refractivity contribution is 5.90. The number of hydrogen-bond acceptors (Lipinski definition) is 2. The Bertz CT molecular complexity index is 608. The Morgan fingerprint density at radius 2 is 1.95 bits per heavy atom. The standard InChI is InChI=1S/C15H13FO3/c1-10-5-4-6-11(14(10)16)9-19-13-8-3-2-7-12(13)15(17)18/h2-8H,9H2,1H3,(H,17,18). The summed E-state index contributed by atoms with van der Waals surface area (Å²) in [4.78, 5) is 11.0. The van der Waals surface area contributed by atoms with Gasteiger partial charge in [-0.05, 0) is 24.6 Å². The predicted molar refractivity (Wildman–Crippen MR) is 68.9 cm³/mol. The number of aryl methyl sites for hydroxylation is 1. The van der Waals surface area contributed by atoms with E-state index in [0.717, 1.165) is 0 Å². The first-order chi connectivity index (χ1) is 9.09. The van der Waals surface area contributed by atoms with Crippen LogP contribution in [0.2, 0.25) is 0 Å². The molecule has 0 aliphatic heterocycles. The molecule has 2 rings (SSSR count). The molecule has 3 nitrogen and oxygen atoms in total. The van der Waals surface area contributed by atoms with Gasteiger partial charge < -0.3 is 9.84 Å². The third-order valence-corrected chi connectivity index (χ3v) is 2.77. The van der Waals surface area contributed by atoms with E-state index in [0.29, 0.717) is 11.1 Å². The molecule has 4 heteroatoms. The van der Waals surface area contributed by atoms with Gasteiger partial charge in [0.1, 0.15) is 23.7 Å². The Hall–Kier alpha value is -2.36. The lowest BCUT2D eigenvalue weighted by Crippen LogP contribution is -2.04. The zero-order valence-corrected chi connectivity index (χ0v) is 10.4. The van der Waals surface area contributed by atoms with Crippen LogP contribution in [-0.4, -0.2) is 11.1 Å². The zero-order valence-electron chi connectivity index (χ0n) is 10.4. The quantitative estimate of drug-likeness (QED) is 0.916. The Balaban J connectivity index is 2.19. The molecule has 0 bridgehead atoms. The molecule has 0 aliphatic carbocycles. The van der Waals surface area contributed by atoms with E-state index in [2.05, 4.69) is 0 Å². The summed E-state index contributed by atoms with van der Waals surface area (Å²) in [6.45, 7) is 1.67. The Labute approximate surface area is 110 Å². The topological polar surface area (TPSA) is 46.5 Å². The van der Waals surface area contributed by atoms with E-state index in [1.54, 1.807) is 43.3 Å². The van der Waals surface area contributed by atoms with Crippen molar-refractivity contribution in [1.82, 2.24) is 0 Å². The molecule has 2 aromatic rings. The van der Waals surface area contributed by atoms with Crippen molar-refractivity contribution < 1.29 is 19.0 Å². The first-order valence-electron chi connectivity index (χ1n) is 5.78. The highest BCUT2D eigenvalue weighted by atomic mass is 19.1. The van der Waals surface area contributed by atoms with Crippen molar-refractivity contribution in [3.63, 3.8) is 0 Å². The summed E-state index contributed by atoms with van der Waals surface area (Å²) in [5.74, 6) is -1.16. The average Bonchev–Trinajstić information content (AvgIpc) is 2.40. The molecule has 1 N–H and O–H groups in total. The van der Waals surface area contributed by atoms with Gasteiger partial charge in [0.05, 0.1) is 0 Å². The fraction of sp³-hybridized carbons (Fsp3) is 0.133. The average molecular weight is 260 g/mol. The summed E-state index contributed by atoms with van der Waals surface area (Å²) < 4.78 is 19.2. The van der Waals surface area contributed by atoms with Gasteiger partial charge in [-0.1, -0.05) is 30.3 Å². The molecule has 2 aromatic carbocycles. The Morgan fingerprint density at radius 1 is 1.21 bits per heavy atom. The molecular weight excluding hydrogens is 247 g/mol. The number of aromatic carboxylic acids is 1. The smallest absolute Gasteiger partial charge is 0.339 e. The molecule has 19 heavy (non-hydrogen) atoms. The monoisotopic (exact) mass is 260 g/mol. The molecule has 0 amide bonds. The second-order valence-electron chi connectivity index (χ2n) is 4.14. The predicted octanol–water partition coefficient (Wildman–Crippen LogP) is 3.41. The summed E-state index contributed by atoms with van der Waals surface area (Å²) in [7, 11) is 0. The SMILES string of the molecule is Cc1cccc(COc2ccccc2C(=O)O)c1F. The van der Waals surface area contributed by atoms with Crippen molar-refractivity contribution >= 4 is 5.97 Å². The summed E-state index contributed by atoms with van der Waals surface area (Å²) in [5, 5.41) is 9.01. The first kappa shape index (κ1) is 13.1. The minimum Gasteiger partial charge on any atom is -0.488 e. The van der Waals surface area contributed by atoms with Crippen LogP contribution < -0.4 is 4.74 Å². The number of carboxylic acid groups (broad SMARTS) is 1. The van der Waals surface area contributed by atoms with Gasteiger partial charge in [0.2, 0.25) is 0 Å².